The molecule has 0 spiro atoms. The first-order valence-electron chi connectivity index (χ1n) is 6.78. The average molecular weight is 278 g/mol. The molecule has 1 aromatic rings. The summed E-state index contributed by atoms with van der Waals surface area (Å²) in [4.78, 5) is 11.4. The molecule has 0 bridgehead atoms. The maximum absolute atomic E-state index is 11.4. The zero-order chi connectivity index (χ0) is 14.8. The predicted octanol–water partition coefficient (Wildman–Crippen LogP) is 2.32. The molecule has 1 aromatic carbocycles. The van der Waals surface area contributed by atoms with E-state index in [1.165, 1.54) is 0 Å². The Hall–Kier alpha value is -1.65. The molecule has 0 aromatic heterocycles. The first-order valence-corrected chi connectivity index (χ1v) is 6.78. The number of hydrogen-bond donors (Lipinski definition) is 1. The van der Waals surface area contributed by atoms with E-state index in [2.05, 4.69) is 0 Å². The highest BCUT2D eigenvalue weighted by atomic mass is 16.5. The molecule has 1 N–H and O–H groups in total. The van der Waals surface area contributed by atoms with Crippen LogP contribution >= 0.6 is 0 Å². The molecule has 4 heteroatoms. The summed E-state index contributed by atoms with van der Waals surface area (Å²) >= 11 is 0. The van der Waals surface area contributed by atoms with Crippen molar-refractivity contribution in [2.24, 2.45) is 5.92 Å². The third kappa shape index (κ3) is 6.50. The van der Waals surface area contributed by atoms with Crippen molar-refractivity contribution in [2.75, 3.05) is 13.2 Å². The number of carbonyl (C=O) groups excluding carboxylic acids is 1. The molecule has 0 aliphatic carbocycles. The summed E-state index contributed by atoms with van der Waals surface area (Å²) in [7, 11) is 0. The predicted molar refractivity (Wildman–Crippen MR) is 77.0 cm³/mol. The van der Waals surface area contributed by atoms with Gasteiger partial charge in [-0.25, -0.2) is 0 Å². The molecule has 4 nitrogen and oxygen atoms in total. The van der Waals surface area contributed by atoms with Gasteiger partial charge >= 0.3 is 5.97 Å². The van der Waals surface area contributed by atoms with E-state index in [1.807, 2.05) is 30.3 Å². The Labute approximate surface area is 120 Å². The lowest BCUT2D eigenvalue weighted by Crippen LogP contribution is -2.15. The molecule has 2 atom stereocenters. The zero-order valence-corrected chi connectivity index (χ0v) is 12.0. The lowest BCUT2D eigenvalue weighted by Gasteiger charge is -2.09. The number of aliphatic hydroxyl groups is 1. The Kier molecular flexibility index (Phi) is 7.62. The van der Waals surface area contributed by atoms with Gasteiger partial charge in [-0.3, -0.25) is 4.79 Å². The molecule has 0 heterocycles. The van der Waals surface area contributed by atoms with Crippen LogP contribution in [0, 0.1) is 5.92 Å². The number of benzene rings is 1. The molecule has 110 valence electrons. The van der Waals surface area contributed by atoms with Crippen molar-refractivity contribution < 1.29 is 19.4 Å². The highest BCUT2D eigenvalue weighted by Gasteiger charge is 2.10. The fraction of sp³-hybridized carbons (Fsp3) is 0.438. The van der Waals surface area contributed by atoms with Crippen molar-refractivity contribution in [2.45, 2.75) is 26.6 Å². The number of hydrogen-bond acceptors (Lipinski definition) is 4. The maximum Gasteiger partial charge on any atom is 0.312 e. The number of esters is 1. The minimum absolute atomic E-state index is 0.195. The van der Waals surface area contributed by atoms with Crippen LogP contribution in [0.3, 0.4) is 0 Å². The van der Waals surface area contributed by atoms with Gasteiger partial charge in [0, 0.05) is 0 Å². The second-order valence-corrected chi connectivity index (χ2v) is 4.49. The van der Waals surface area contributed by atoms with E-state index in [-0.39, 0.29) is 18.5 Å². The highest BCUT2D eigenvalue weighted by molar-refractivity contribution is 5.73. The van der Waals surface area contributed by atoms with Crippen LogP contribution < -0.4 is 0 Å². The fourth-order valence-corrected chi connectivity index (χ4v) is 1.57. The second kappa shape index (κ2) is 9.28. The zero-order valence-electron chi connectivity index (χ0n) is 12.0. The number of ether oxygens (including phenoxy) is 2. The van der Waals surface area contributed by atoms with Crippen molar-refractivity contribution in [3.05, 3.63) is 48.0 Å². The molecule has 0 saturated heterocycles. The molecular formula is C16H22O4. The van der Waals surface area contributed by atoms with Gasteiger partial charge in [0.15, 0.2) is 0 Å². The molecule has 0 radical (unpaired) electrons. The molecule has 0 amide bonds. The van der Waals surface area contributed by atoms with Crippen molar-refractivity contribution in [1.82, 2.24) is 0 Å². The van der Waals surface area contributed by atoms with E-state index in [1.54, 1.807) is 26.0 Å². The summed E-state index contributed by atoms with van der Waals surface area (Å²) in [5.41, 5.74) is 1.06. The van der Waals surface area contributed by atoms with Crippen LogP contribution in [0.25, 0.3) is 0 Å². The summed E-state index contributed by atoms with van der Waals surface area (Å²) in [5.74, 6) is -0.653. The van der Waals surface area contributed by atoms with Gasteiger partial charge in [-0.15, -0.1) is 0 Å². The second-order valence-electron chi connectivity index (χ2n) is 4.49. The van der Waals surface area contributed by atoms with Crippen LogP contribution in [-0.4, -0.2) is 30.4 Å². The largest absolute Gasteiger partial charge is 0.466 e. The Bertz CT molecular complexity index is 414. The molecule has 0 saturated carbocycles. The summed E-state index contributed by atoms with van der Waals surface area (Å²) in [6, 6.07) is 9.75. The summed E-state index contributed by atoms with van der Waals surface area (Å²) in [6.45, 7) is 4.51. The summed E-state index contributed by atoms with van der Waals surface area (Å²) in [5, 5.41) is 9.72. The first-order chi connectivity index (χ1) is 9.63. The number of aliphatic hydroxyl groups excluding tert-OH is 1. The lowest BCUT2D eigenvalue weighted by atomic mass is 10.1. The van der Waals surface area contributed by atoms with E-state index in [0.29, 0.717) is 13.2 Å². The van der Waals surface area contributed by atoms with Crippen molar-refractivity contribution >= 4 is 5.97 Å². The molecule has 0 fully saturated rings. The van der Waals surface area contributed by atoms with Gasteiger partial charge in [-0.05, 0) is 19.4 Å². The van der Waals surface area contributed by atoms with Crippen molar-refractivity contribution in [1.29, 1.82) is 0 Å². The fourth-order valence-electron chi connectivity index (χ4n) is 1.57. The van der Waals surface area contributed by atoms with E-state index in [4.69, 9.17) is 9.47 Å². The van der Waals surface area contributed by atoms with Crippen LogP contribution in [0.1, 0.15) is 19.4 Å². The summed E-state index contributed by atoms with van der Waals surface area (Å²) in [6.07, 6.45) is 2.47. The van der Waals surface area contributed by atoms with Gasteiger partial charge < -0.3 is 14.6 Å². The Morgan fingerprint density at radius 2 is 2.00 bits per heavy atom. The van der Waals surface area contributed by atoms with Crippen molar-refractivity contribution in [3.63, 3.8) is 0 Å². The van der Waals surface area contributed by atoms with Crippen LogP contribution in [0.15, 0.2) is 42.5 Å². The topological polar surface area (TPSA) is 55.8 Å². The number of carbonyl (C=O) groups is 1. The van der Waals surface area contributed by atoms with Gasteiger partial charge in [0.25, 0.3) is 0 Å². The number of rotatable bonds is 8. The van der Waals surface area contributed by atoms with Gasteiger partial charge in [-0.1, -0.05) is 42.5 Å². The lowest BCUT2D eigenvalue weighted by molar-refractivity contribution is -0.145. The van der Waals surface area contributed by atoms with Gasteiger partial charge in [-0.2, -0.15) is 0 Å². The van der Waals surface area contributed by atoms with Crippen LogP contribution in [-0.2, 0) is 20.9 Å². The standard InChI is InChI=1S/C16H22O4/c1-3-20-16(18)13(2)9-10-15(17)12-19-11-14-7-5-4-6-8-14/h4-10,13,15,17H,3,11-12H2,1-2H3/t13-,15+/m1/s1. The van der Waals surface area contributed by atoms with Crippen LogP contribution in [0.4, 0.5) is 0 Å². The van der Waals surface area contributed by atoms with E-state index < -0.39 is 6.10 Å². The monoisotopic (exact) mass is 278 g/mol. The minimum atomic E-state index is -0.726. The molecule has 20 heavy (non-hydrogen) atoms. The first kappa shape index (κ1) is 16.4. The van der Waals surface area contributed by atoms with E-state index >= 15 is 0 Å². The highest BCUT2D eigenvalue weighted by Crippen LogP contribution is 2.04. The van der Waals surface area contributed by atoms with Crippen LogP contribution in [0.2, 0.25) is 0 Å². The Balaban J connectivity index is 2.26. The Morgan fingerprint density at radius 1 is 1.30 bits per heavy atom. The van der Waals surface area contributed by atoms with E-state index in [0.717, 1.165) is 5.56 Å². The SMILES string of the molecule is CCOC(=O)[C@H](C)C=C[C@H](O)COCc1ccccc1. The maximum atomic E-state index is 11.4. The van der Waals surface area contributed by atoms with Gasteiger partial charge in [0.1, 0.15) is 0 Å². The van der Waals surface area contributed by atoms with Gasteiger partial charge in [0.05, 0.1) is 31.8 Å². The molecular weight excluding hydrogens is 256 g/mol. The van der Waals surface area contributed by atoms with E-state index in [9.17, 15) is 9.90 Å². The third-order valence-electron chi connectivity index (χ3n) is 2.68. The van der Waals surface area contributed by atoms with Crippen molar-refractivity contribution in [3.8, 4) is 0 Å². The molecule has 1 rings (SSSR count). The van der Waals surface area contributed by atoms with Crippen LogP contribution in [0.5, 0.6) is 0 Å². The minimum Gasteiger partial charge on any atom is -0.466 e. The smallest absolute Gasteiger partial charge is 0.312 e. The summed E-state index contributed by atoms with van der Waals surface area (Å²) < 4.78 is 10.3. The molecule has 0 unspecified atom stereocenters. The third-order valence-corrected chi connectivity index (χ3v) is 2.68. The van der Waals surface area contributed by atoms with Gasteiger partial charge in [0.2, 0.25) is 0 Å². The molecule has 0 aliphatic heterocycles. The molecule has 0 aliphatic rings. The Morgan fingerprint density at radius 3 is 2.65 bits per heavy atom. The average Bonchev–Trinajstić information content (AvgIpc) is 2.46. The normalized spacial score (nSPS) is 14.2. The quantitative estimate of drug-likeness (QED) is 0.585.